The predicted octanol–water partition coefficient (Wildman–Crippen LogP) is 21.8. The van der Waals surface area contributed by atoms with Crippen LogP contribution in [0.25, 0.3) is 0 Å². The number of benzene rings is 2. The van der Waals surface area contributed by atoms with E-state index >= 15 is 0 Å². The van der Waals surface area contributed by atoms with Gasteiger partial charge in [0.05, 0.1) is 0 Å². The van der Waals surface area contributed by atoms with Gasteiger partial charge in [0.2, 0.25) is 0 Å². The van der Waals surface area contributed by atoms with Crippen LogP contribution in [0.3, 0.4) is 0 Å². The first-order valence-electron chi connectivity index (χ1n) is 29.4. The van der Waals surface area contributed by atoms with Crippen LogP contribution in [0.5, 0.6) is 0 Å². The van der Waals surface area contributed by atoms with E-state index in [0.717, 1.165) is 47.5 Å². The first-order chi connectivity index (χ1) is 32.3. The fraction of sp³-hybridized carbons (Fsp3) is 0.729. The van der Waals surface area contributed by atoms with Crippen molar-refractivity contribution in [3.05, 3.63) is 82.0 Å². The SMILES string of the molecule is C[Si](C)(C)C(c1cc(C([Si](C)(C)C)[Si](C)(C)C)c(PP(Pc2c(C([Si](C)(C)C)[Si](C)(C)C)cc(C([Si](C)(C)C)[Si](C)(C)C)cc2C([Si](C)(C)C)[Si](C)(C)C)C2C=CC=C2)c(C([Si](C)(C)C)[Si](C)(C)C)c1)[Si](C)(C)C. The summed E-state index contributed by atoms with van der Waals surface area (Å²) in [5, 5.41) is 8.19. The molecule has 1 aliphatic rings. The van der Waals surface area contributed by atoms with Gasteiger partial charge in [0, 0.05) is 103 Å². The molecule has 0 saturated carbocycles. The number of hydrogen-bond donors (Lipinski definition) is 0. The molecule has 2 aromatic rings. The summed E-state index contributed by atoms with van der Waals surface area (Å²) in [5.41, 5.74) is 11.7. The maximum Gasteiger partial charge on any atom is 0.0493 e. The van der Waals surface area contributed by atoms with Gasteiger partial charge in [0.15, 0.2) is 0 Å². The summed E-state index contributed by atoms with van der Waals surface area (Å²) in [7, 11) is -18.8. The minimum Gasteiger partial charge on any atom is -0.0727 e. The van der Waals surface area contributed by atoms with Gasteiger partial charge in [-0.05, 0) is 82.3 Å². The Morgan fingerprint density at radius 3 is 0.581 bits per heavy atom. The van der Waals surface area contributed by atoms with E-state index in [-0.39, 0.29) is 0 Å². The maximum absolute atomic E-state index is 3.02. The topological polar surface area (TPSA) is 0 Å². The highest BCUT2D eigenvalue weighted by molar-refractivity contribution is 8.55. The Morgan fingerprint density at radius 1 is 0.270 bits per heavy atom. The van der Waals surface area contributed by atoms with Crippen LogP contribution in [0.1, 0.15) is 64.4 Å². The molecule has 2 atom stereocenters. The maximum atomic E-state index is 3.02. The van der Waals surface area contributed by atoms with Crippen molar-refractivity contribution in [3.63, 3.8) is 0 Å². The lowest BCUT2D eigenvalue weighted by molar-refractivity contribution is 1.10. The minimum absolute atomic E-state index is 0.465. The molecule has 3 rings (SSSR count). The van der Waals surface area contributed by atoms with E-state index in [9.17, 15) is 0 Å². The van der Waals surface area contributed by atoms with Crippen LogP contribution >= 0.6 is 23.8 Å². The molecular formula is C59H125P3Si12. The summed E-state index contributed by atoms with van der Waals surface area (Å²) in [6.45, 7) is 99.4. The van der Waals surface area contributed by atoms with Gasteiger partial charge in [-0.25, -0.2) is 0 Å². The molecule has 0 spiro atoms. The number of allylic oxidation sites excluding steroid dienone is 4. The minimum atomic E-state index is -1.71. The molecule has 1 aliphatic carbocycles. The zero-order valence-electron chi connectivity index (χ0n) is 56.1. The molecule has 0 aliphatic heterocycles. The molecule has 0 bridgehead atoms. The lowest BCUT2D eigenvalue weighted by atomic mass is 10.1. The van der Waals surface area contributed by atoms with Crippen LogP contribution in [0, 0.1) is 0 Å². The molecule has 0 amide bonds. The molecule has 15 heteroatoms. The Balaban J connectivity index is 2.96. The average Bonchev–Trinajstić information content (AvgIpc) is 3.58. The van der Waals surface area contributed by atoms with Gasteiger partial charge in [-0.1, -0.05) is 301 Å². The first-order valence-corrected chi connectivity index (χ1v) is 77.4. The van der Waals surface area contributed by atoms with E-state index in [2.05, 4.69) is 284 Å². The summed E-state index contributed by atoms with van der Waals surface area (Å²) >= 11 is 0. The molecule has 74 heavy (non-hydrogen) atoms. The van der Waals surface area contributed by atoms with Crippen molar-refractivity contribution in [1.82, 2.24) is 0 Å². The van der Waals surface area contributed by atoms with Crippen molar-refractivity contribution in [2.45, 2.75) is 272 Å². The van der Waals surface area contributed by atoms with E-state index in [1.807, 2.05) is 32.9 Å². The van der Waals surface area contributed by atoms with Crippen molar-refractivity contribution >= 4 is 131 Å². The fourth-order valence-corrected chi connectivity index (χ4v) is 105. The van der Waals surface area contributed by atoms with Crippen molar-refractivity contribution < 1.29 is 0 Å². The van der Waals surface area contributed by atoms with E-state index in [4.69, 9.17) is 0 Å². The Labute approximate surface area is 481 Å². The van der Waals surface area contributed by atoms with Crippen LogP contribution in [-0.2, 0) is 0 Å². The molecular weight excluding hydrogens is 1140 g/mol. The van der Waals surface area contributed by atoms with Crippen LogP contribution in [-0.4, -0.2) is 103 Å². The van der Waals surface area contributed by atoms with Crippen LogP contribution in [0.2, 0.25) is 236 Å². The third kappa shape index (κ3) is 17.7. The summed E-state index contributed by atoms with van der Waals surface area (Å²) < 4.78 is 0. The quantitative estimate of drug-likeness (QED) is 0.0768. The standard InChI is InChI=1S/C59H125P3Si12/c1-63(2,3)54(64(4,5)6)45-41-48(56(67(13,14)15)68(16,17)18)52(49(42-45)57(69(19,20)21)70(22,23)24)60-62(47-39-37-38-40-47)61-53-50(58(71(25,26)27)72(28,29)30)43-46(55(65(7,8)9)66(10,11)12)44-51(53)59(73(31,32)33)74(34,35)36/h37-44,47,54-61H,1-36H3. The smallest absolute Gasteiger partial charge is 0.0493 e. The second kappa shape index (κ2) is 23.5. The average molecular weight is 1260 g/mol. The van der Waals surface area contributed by atoms with Gasteiger partial charge in [-0.3, -0.25) is 0 Å². The van der Waals surface area contributed by atoms with E-state index in [1.165, 1.54) is 0 Å². The predicted molar refractivity (Wildman–Crippen MR) is 394 cm³/mol. The highest BCUT2D eigenvalue weighted by atomic mass is 32.4. The van der Waals surface area contributed by atoms with Gasteiger partial charge in [0.1, 0.15) is 0 Å². The lowest BCUT2D eigenvalue weighted by Gasteiger charge is -2.47. The monoisotopic (exact) mass is 1260 g/mol. The summed E-state index contributed by atoms with van der Waals surface area (Å²) in [5.74, 6) is 0. The molecule has 0 nitrogen and oxygen atoms in total. The zero-order chi connectivity index (χ0) is 58.3. The van der Waals surface area contributed by atoms with Crippen molar-refractivity contribution in [3.8, 4) is 0 Å². The first kappa shape index (κ1) is 70.1. The van der Waals surface area contributed by atoms with Crippen LogP contribution in [0.4, 0.5) is 0 Å². The molecule has 0 aromatic heterocycles. The Kier molecular flexibility index (Phi) is 22.2. The second-order valence-electron chi connectivity index (χ2n) is 37.0. The largest absolute Gasteiger partial charge is 0.0727 e. The molecule has 2 unspecified atom stereocenters. The van der Waals surface area contributed by atoms with Gasteiger partial charge >= 0.3 is 0 Å². The van der Waals surface area contributed by atoms with Crippen molar-refractivity contribution in [1.29, 1.82) is 0 Å². The van der Waals surface area contributed by atoms with E-state index in [1.54, 1.807) is 11.1 Å². The van der Waals surface area contributed by atoms with Crippen LogP contribution < -0.4 is 10.6 Å². The summed E-state index contributed by atoms with van der Waals surface area (Å²) in [6, 6.07) is 12.1. The number of rotatable bonds is 23. The molecule has 0 fully saturated rings. The summed E-state index contributed by atoms with van der Waals surface area (Å²) in [6.07, 6.45) is 10.3. The Hall–Kier alpha value is 1.81. The zero-order valence-corrected chi connectivity index (χ0v) is 71.0. The Morgan fingerprint density at radius 2 is 0.432 bits per heavy atom. The summed E-state index contributed by atoms with van der Waals surface area (Å²) in [4.78, 5) is 0. The normalized spacial score (nSPS) is 16.8. The van der Waals surface area contributed by atoms with Gasteiger partial charge in [-0.2, -0.15) is 0 Å². The molecule has 2 aromatic carbocycles. The molecule has 0 radical (unpaired) electrons. The van der Waals surface area contributed by atoms with E-state index < -0.39 is 104 Å². The van der Waals surface area contributed by atoms with Gasteiger partial charge in [0.25, 0.3) is 0 Å². The fourth-order valence-electron chi connectivity index (χ4n) is 17.5. The van der Waals surface area contributed by atoms with Gasteiger partial charge in [-0.15, -0.1) is 0 Å². The highest BCUT2D eigenvalue weighted by Crippen LogP contribution is 2.74. The third-order valence-electron chi connectivity index (χ3n) is 16.2. The third-order valence-corrected chi connectivity index (χ3v) is 81.6. The van der Waals surface area contributed by atoms with E-state index in [0.29, 0.717) is 5.66 Å². The Bertz CT molecular complexity index is 1960. The number of hydrogen-bond acceptors (Lipinski definition) is 0. The second-order valence-corrected chi connectivity index (χ2v) is 113. The van der Waals surface area contributed by atoms with Gasteiger partial charge < -0.3 is 0 Å². The molecule has 0 heterocycles. The molecule has 0 saturated heterocycles. The lowest BCUT2D eigenvalue weighted by Crippen LogP contribution is -2.52. The molecule has 0 N–H and O–H groups in total. The highest BCUT2D eigenvalue weighted by Gasteiger charge is 2.50. The van der Waals surface area contributed by atoms with Crippen molar-refractivity contribution in [2.75, 3.05) is 0 Å². The van der Waals surface area contributed by atoms with Crippen LogP contribution in [0.15, 0.2) is 48.6 Å². The van der Waals surface area contributed by atoms with Crippen molar-refractivity contribution in [2.24, 2.45) is 0 Å². The molecule has 424 valence electrons.